The molecule has 0 fully saturated rings. The number of hydrogen-bond acceptors (Lipinski definition) is 5. The van der Waals surface area contributed by atoms with Crippen molar-refractivity contribution in [1.82, 2.24) is 24.3 Å². The van der Waals surface area contributed by atoms with Crippen LogP contribution in [0, 0.1) is 0 Å². The van der Waals surface area contributed by atoms with E-state index in [1.165, 1.54) is 0 Å². The van der Waals surface area contributed by atoms with Gasteiger partial charge in [0.2, 0.25) is 0 Å². The minimum atomic E-state index is -0.659. The standard InChI is InChI=1S/C27H23N5O3/c1-17(26(33)30-10-4-13-31-14-12-28-16-31)35-18-7-8-23-22(15-18)20-9-11-29-24-19-5-2-3-6-21(19)27(34)32(23)25(20)24/h2-3,5-9,11-12,14-17H,4,10,13H2,1H3,(H,30,33)/t17-/m1/s1. The Bertz CT molecular complexity index is 1740. The van der Waals surface area contributed by atoms with E-state index in [9.17, 15) is 9.59 Å². The summed E-state index contributed by atoms with van der Waals surface area (Å²) in [6.07, 6.45) is 7.29. The van der Waals surface area contributed by atoms with Crippen molar-refractivity contribution in [2.75, 3.05) is 6.54 Å². The van der Waals surface area contributed by atoms with Crippen molar-refractivity contribution in [2.45, 2.75) is 26.0 Å². The number of carbonyl (C=O) groups excluding carboxylic acids is 1. The van der Waals surface area contributed by atoms with Gasteiger partial charge in [-0.15, -0.1) is 0 Å². The minimum Gasteiger partial charge on any atom is -0.481 e. The van der Waals surface area contributed by atoms with Crippen LogP contribution in [-0.2, 0) is 11.3 Å². The lowest BCUT2D eigenvalue weighted by Gasteiger charge is -2.15. The van der Waals surface area contributed by atoms with E-state index in [2.05, 4.69) is 15.3 Å². The maximum atomic E-state index is 13.4. The second-order valence-corrected chi connectivity index (χ2v) is 8.63. The number of fused-ring (bicyclic) bond motifs is 5. The molecule has 2 aromatic carbocycles. The van der Waals surface area contributed by atoms with Gasteiger partial charge in [-0.05, 0) is 43.7 Å². The van der Waals surface area contributed by atoms with Gasteiger partial charge in [-0.2, -0.15) is 0 Å². The van der Waals surface area contributed by atoms with Crippen LogP contribution in [0.15, 0.2) is 78.2 Å². The fourth-order valence-corrected chi connectivity index (χ4v) is 4.72. The maximum Gasteiger partial charge on any atom is 0.263 e. The van der Waals surface area contributed by atoms with Gasteiger partial charge in [0.05, 0.1) is 22.9 Å². The highest BCUT2D eigenvalue weighted by atomic mass is 16.5. The number of hydrogen-bond donors (Lipinski definition) is 1. The Kier molecular flexibility index (Phi) is 5.06. The molecule has 1 N–H and O–H groups in total. The maximum absolute atomic E-state index is 13.4. The highest BCUT2D eigenvalue weighted by molar-refractivity contribution is 6.18. The molecule has 0 saturated heterocycles. The zero-order chi connectivity index (χ0) is 23.9. The molecule has 0 unspecified atom stereocenters. The third-order valence-corrected chi connectivity index (χ3v) is 6.40. The van der Waals surface area contributed by atoms with Gasteiger partial charge in [0.1, 0.15) is 5.75 Å². The lowest BCUT2D eigenvalue weighted by Crippen LogP contribution is -2.37. The van der Waals surface area contributed by atoms with Crippen molar-refractivity contribution in [3.63, 3.8) is 0 Å². The predicted molar refractivity (Wildman–Crippen MR) is 135 cm³/mol. The summed E-state index contributed by atoms with van der Waals surface area (Å²) in [6.45, 7) is 3.07. The average Bonchev–Trinajstić information content (AvgIpc) is 3.52. The number of carbonyl (C=O) groups is 1. The van der Waals surface area contributed by atoms with E-state index in [1.807, 2.05) is 53.2 Å². The van der Waals surface area contributed by atoms with Gasteiger partial charge in [-0.25, -0.2) is 4.98 Å². The average molecular weight is 466 g/mol. The van der Waals surface area contributed by atoms with E-state index in [-0.39, 0.29) is 11.5 Å². The van der Waals surface area contributed by atoms with Gasteiger partial charge in [0.25, 0.3) is 11.5 Å². The van der Waals surface area contributed by atoms with Crippen LogP contribution in [0.25, 0.3) is 38.1 Å². The Hall–Kier alpha value is -4.46. The molecule has 35 heavy (non-hydrogen) atoms. The molecule has 8 nitrogen and oxygen atoms in total. The fraction of sp³-hybridized carbons (Fsp3) is 0.185. The number of benzene rings is 2. The Balaban J connectivity index is 1.29. The molecule has 0 spiro atoms. The van der Waals surface area contributed by atoms with E-state index < -0.39 is 6.10 Å². The van der Waals surface area contributed by atoms with Gasteiger partial charge < -0.3 is 14.6 Å². The molecule has 1 atom stereocenters. The Morgan fingerprint density at radius 2 is 1.91 bits per heavy atom. The first-order valence-electron chi connectivity index (χ1n) is 11.6. The monoisotopic (exact) mass is 465 g/mol. The summed E-state index contributed by atoms with van der Waals surface area (Å²) < 4.78 is 9.68. The van der Waals surface area contributed by atoms with Gasteiger partial charge in [-0.1, -0.05) is 18.2 Å². The zero-order valence-electron chi connectivity index (χ0n) is 19.1. The summed E-state index contributed by atoms with van der Waals surface area (Å²) in [6, 6.07) is 15.0. The van der Waals surface area contributed by atoms with Gasteiger partial charge in [0.15, 0.2) is 6.10 Å². The summed E-state index contributed by atoms with van der Waals surface area (Å²) >= 11 is 0. The first-order valence-corrected chi connectivity index (χ1v) is 11.6. The summed E-state index contributed by atoms with van der Waals surface area (Å²) in [4.78, 5) is 34.5. The summed E-state index contributed by atoms with van der Waals surface area (Å²) in [7, 11) is 0. The smallest absolute Gasteiger partial charge is 0.263 e. The van der Waals surface area contributed by atoms with Crippen LogP contribution in [0.5, 0.6) is 5.75 Å². The molecule has 0 bridgehead atoms. The molecule has 0 saturated carbocycles. The van der Waals surface area contributed by atoms with Crippen LogP contribution >= 0.6 is 0 Å². The third-order valence-electron chi connectivity index (χ3n) is 6.40. The van der Waals surface area contributed by atoms with Crippen molar-refractivity contribution in [3.8, 4) is 5.75 Å². The predicted octanol–water partition coefficient (Wildman–Crippen LogP) is 3.76. The second-order valence-electron chi connectivity index (χ2n) is 8.63. The molecule has 0 aliphatic heterocycles. The van der Waals surface area contributed by atoms with E-state index in [4.69, 9.17) is 4.74 Å². The largest absolute Gasteiger partial charge is 0.481 e. The first kappa shape index (κ1) is 21.1. The number of imidazole rings is 1. The number of aromatic nitrogens is 4. The van der Waals surface area contributed by atoms with Crippen LogP contribution < -0.4 is 15.6 Å². The van der Waals surface area contributed by atoms with Crippen molar-refractivity contribution in [1.29, 1.82) is 0 Å². The van der Waals surface area contributed by atoms with Crippen LogP contribution in [0.2, 0.25) is 0 Å². The highest BCUT2D eigenvalue weighted by Crippen LogP contribution is 2.34. The number of nitrogens with one attached hydrogen (secondary N) is 1. The van der Waals surface area contributed by atoms with Crippen LogP contribution in [0.4, 0.5) is 0 Å². The number of pyridine rings is 2. The summed E-state index contributed by atoms with van der Waals surface area (Å²) in [5.74, 6) is 0.397. The van der Waals surface area contributed by atoms with Crippen molar-refractivity contribution < 1.29 is 9.53 Å². The van der Waals surface area contributed by atoms with Crippen molar-refractivity contribution in [2.24, 2.45) is 0 Å². The molecule has 1 amide bonds. The SMILES string of the molecule is C[C@@H](Oc1ccc2c(c1)c1ccnc3c4ccccc4c(=O)n2c13)C(=O)NCCCn1ccnc1. The van der Waals surface area contributed by atoms with Crippen molar-refractivity contribution in [3.05, 3.63) is 83.8 Å². The summed E-state index contributed by atoms with van der Waals surface area (Å²) in [5.41, 5.74) is 2.31. The van der Waals surface area contributed by atoms with Gasteiger partial charge in [0, 0.05) is 53.2 Å². The van der Waals surface area contributed by atoms with E-state index in [0.29, 0.717) is 17.7 Å². The highest BCUT2D eigenvalue weighted by Gasteiger charge is 2.19. The molecule has 174 valence electrons. The Labute approximate surface area is 200 Å². The molecule has 0 aliphatic carbocycles. The van der Waals surface area contributed by atoms with Gasteiger partial charge in [-0.3, -0.25) is 19.0 Å². The summed E-state index contributed by atoms with van der Waals surface area (Å²) in [5, 5.41) is 6.21. The topological polar surface area (TPSA) is 90.5 Å². The number of aryl methyl sites for hydroxylation is 1. The van der Waals surface area contributed by atoms with Crippen LogP contribution in [-0.4, -0.2) is 37.5 Å². The van der Waals surface area contributed by atoms with Crippen molar-refractivity contribution >= 4 is 44.0 Å². The normalized spacial score (nSPS) is 12.6. The van der Waals surface area contributed by atoms with E-state index in [1.54, 1.807) is 36.1 Å². The van der Waals surface area contributed by atoms with Gasteiger partial charge >= 0.3 is 0 Å². The molecule has 4 heterocycles. The number of ether oxygens (including phenoxy) is 1. The van der Waals surface area contributed by atoms with E-state index in [0.717, 1.165) is 45.7 Å². The molecule has 8 heteroatoms. The quantitative estimate of drug-likeness (QED) is 0.286. The molecule has 6 aromatic rings. The number of nitrogens with zero attached hydrogens (tertiary/aromatic N) is 4. The second kappa shape index (κ2) is 8.39. The lowest BCUT2D eigenvalue weighted by atomic mass is 10.1. The molecule has 6 rings (SSSR count). The van der Waals surface area contributed by atoms with E-state index >= 15 is 0 Å². The minimum absolute atomic E-state index is 0.0711. The third kappa shape index (κ3) is 3.54. The van der Waals surface area contributed by atoms with Crippen LogP contribution in [0.3, 0.4) is 0 Å². The molecule has 0 aliphatic rings. The Morgan fingerprint density at radius 1 is 1.06 bits per heavy atom. The first-order chi connectivity index (χ1) is 17.1. The van der Waals surface area contributed by atoms with Crippen LogP contribution in [0.1, 0.15) is 13.3 Å². The number of amides is 1. The zero-order valence-corrected chi connectivity index (χ0v) is 19.1. The Morgan fingerprint density at radius 3 is 2.74 bits per heavy atom. The molecular formula is C27H23N5O3. The fourth-order valence-electron chi connectivity index (χ4n) is 4.72. The molecule has 4 aromatic heterocycles. The molecular weight excluding hydrogens is 442 g/mol. The lowest BCUT2D eigenvalue weighted by molar-refractivity contribution is -0.127. The molecule has 0 radical (unpaired) electrons. The number of rotatable bonds is 7.